The topological polar surface area (TPSA) is 171 Å². The number of carbonyl (C=O) groups is 4. The van der Waals surface area contributed by atoms with Gasteiger partial charge in [0.15, 0.2) is 0 Å². The van der Waals surface area contributed by atoms with E-state index >= 15 is 0 Å². The SMILES string of the molecule is CCOC(=O)/C(Cl)=C/c1cc(N2C(=O)C3=C(CCCC3)C2=O)ccc1Cl.O=C(O)CNCP(=O)(O)O. The molecule has 14 heteroatoms. The van der Waals surface area contributed by atoms with E-state index in [0.29, 0.717) is 40.3 Å². The molecule has 36 heavy (non-hydrogen) atoms. The lowest BCUT2D eigenvalue weighted by molar-refractivity contribution is -0.138. The van der Waals surface area contributed by atoms with Crippen molar-refractivity contribution in [3.8, 4) is 0 Å². The zero-order valence-corrected chi connectivity index (χ0v) is 21.6. The normalized spacial score (nSPS) is 15.9. The molecule has 2 amide bonds. The molecular weight excluding hydrogens is 538 g/mol. The average molecular weight is 563 g/mol. The van der Waals surface area contributed by atoms with Gasteiger partial charge in [0.05, 0.1) is 25.1 Å². The number of nitrogens with one attached hydrogen (secondary N) is 1. The van der Waals surface area contributed by atoms with Crippen molar-refractivity contribution in [2.24, 2.45) is 0 Å². The molecule has 1 heterocycles. The molecule has 1 aliphatic carbocycles. The molecule has 0 atom stereocenters. The van der Waals surface area contributed by atoms with Crippen molar-refractivity contribution in [2.75, 3.05) is 24.3 Å². The van der Waals surface area contributed by atoms with Gasteiger partial charge in [-0.2, -0.15) is 0 Å². The van der Waals surface area contributed by atoms with E-state index in [0.717, 1.165) is 12.8 Å². The van der Waals surface area contributed by atoms with Gasteiger partial charge in [-0.15, -0.1) is 0 Å². The number of hydrogen-bond acceptors (Lipinski definition) is 7. The summed E-state index contributed by atoms with van der Waals surface area (Å²) in [6, 6.07) is 4.74. The van der Waals surface area contributed by atoms with Crippen LogP contribution in [0.4, 0.5) is 5.69 Å². The number of imide groups is 1. The van der Waals surface area contributed by atoms with Gasteiger partial charge in [0, 0.05) is 16.2 Å². The van der Waals surface area contributed by atoms with Gasteiger partial charge in [0.25, 0.3) is 11.8 Å². The van der Waals surface area contributed by atoms with Crippen LogP contribution in [0.5, 0.6) is 0 Å². The van der Waals surface area contributed by atoms with E-state index in [1.807, 2.05) is 0 Å². The number of carboxylic acids is 1. The zero-order chi connectivity index (χ0) is 27.0. The molecule has 0 saturated carbocycles. The zero-order valence-electron chi connectivity index (χ0n) is 19.2. The first kappa shape index (κ1) is 29.7. The summed E-state index contributed by atoms with van der Waals surface area (Å²) in [5.74, 6) is -2.37. The van der Waals surface area contributed by atoms with Crippen LogP contribution in [0.25, 0.3) is 6.08 Å². The Morgan fingerprint density at radius 3 is 2.25 bits per heavy atom. The molecule has 4 N–H and O–H groups in total. The highest BCUT2D eigenvalue weighted by atomic mass is 35.5. The lowest BCUT2D eigenvalue weighted by Gasteiger charge is -2.16. The number of ether oxygens (including phenoxy) is 1. The highest BCUT2D eigenvalue weighted by molar-refractivity contribution is 7.51. The molecule has 1 aromatic rings. The number of nitrogens with zero attached hydrogens (tertiary/aromatic N) is 1. The smallest absolute Gasteiger partial charge is 0.349 e. The molecule has 0 unspecified atom stereocenters. The van der Waals surface area contributed by atoms with E-state index < -0.39 is 32.4 Å². The minimum atomic E-state index is -4.10. The molecule has 1 aromatic carbocycles. The molecule has 0 bridgehead atoms. The van der Waals surface area contributed by atoms with Gasteiger partial charge in [0.2, 0.25) is 0 Å². The molecule has 11 nitrogen and oxygen atoms in total. The summed E-state index contributed by atoms with van der Waals surface area (Å²) in [5.41, 5.74) is 2.04. The largest absolute Gasteiger partial charge is 0.480 e. The molecule has 0 aromatic heterocycles. The Labute approximate surface area is 216 Å². The minimum Gasteiger partial charge on any atom is -0.480 e. The van der Waals surface area contributed by atoms with Crippen LogP contribution in [-0.4, -0.2) is 58.1 Å². The average Bonchev–Trinajstić information content (AvgIpc) is 3.05. The number of benzene rings is 1. The highest BCUT2D eigenvalue weighted by Gasteiger charge is 2.39. The molecule has 0 radical (unpaired) electrons. The maximum atomic E-state index is 12.7. The fourth-order valence-corrected chi connectivity index (χ4v) is 4.21. The Balaban J connectivity index is 0.000000388. The van der Waals surface area contributed by atoms with Crippen molar-refractivity contribution in [3.63, 3.8) is 0 Å². The Morgan fingerprint density at radius 1 is 1.17 bits per heavy atom. The van der Waals surface area contributed by atoms with Gasteiger partial charge >= 0.3 is 19.5 Å². The summed E-state index contributed by atoms with van der Waals surface area (Å²) in [6.45, 7) is 1.44. The molecule has 0 saturated heterocycles. The molecule has 2 aliphatic rings. The van der Waals surface area contributed by atoms with Crippen molar-refractivity contribution in [2.45, 2.75) is 32.6 Å². The maximum Gasteiger partial charge on any atom is 0.349 e. The Kier molecular flexibility index (Phi) is 10.8. The van der Waals surface area contributed by atoms with E-state index in [1.165, 1.54) is 11.0 Å². The molecular formula is C22H25Cl2N2O9P. The van der Waals surface area contributed by atoms with E-state index in [4.69, 9.17) is 42.8 Å². The monoisotopic (exact) mass is 562 g/mol. The van der Waals surface area contributed by atoms with Crippen molar-refractivity contribution in [1.82, 2.24) is 5.32 Å². The summed E-state index contributed by atoms with van der Waals surface area (Å²) >= 11 is 12.1. The van der Waals surface area contributed by atoms with Crippen LogP contribution in [0.1, 0.15) is 38.2 Å². The van der Waals surface area contributed by atoms with Gasteiger partial charge in [-0.1, -0.05) is 23.2 Å². The molecule has 1 aliphatic heterocycles. The molecule has 3 rings (SSSR count). The fourth-order valence-electron chi connectivity index (χ4n) is 3.46. The predicted molar refractivity (Wildman–Crippen MR) is 132 cm³/mol. The van der Waals surface area contributed by atoms with E-state index in [9.17, 15) is 23.7 Å². The first-order chi connectivity index (χ1) is 16.9. The minimum absolute atomic E-state index is 0.137. The van der Waals surface area contributed by atoms with Crippen LogP contribution in [0.3, 0.4) is 0 Å². The van der Waals surface area contributed by atoms with Crippen LogP contribution in [0, 0.1) is 0 Å². The number of amides is 2. The first-order valence-corrected chi connectivity index (χ1v) is 13.3. The molecule has 196 valence electrons. The van der Waals surface area contributed by atoms with Gasteiger partial charge in [-0.3, -0.25) is 24.3 Å². The van der Waals surface area contributed by atoms with Gasteiger partial charge in [-0.25, -0.2) is 9.69 Å². The summed E-state index contributed by atoms with van der Waals surface area (Å²) in [4.78, 5) is 64.3. The summed E-state index contributed by atoms with van der Waals surface area (Å²) in [6.07, 6.45) is 3.85. The van der Waals surface area contributed by atoms with Gasteiger partial charge in [0.1, 0.15) is 5.03 Å². The lowest BCUT2D eigenvalue weighted by Crippen LogP contribution is -2.31. The Hall–Kier alpha value is -2.53. The third kappa shape index (κ3) is 8.26. The lowest BCUT2D eigenvalue weighted by atomic mass is 9.93. The van der Waals surface area contributed by atoms with Crippen LogP contribution >= 0.6 is 30.8 Å². The van der Waals surface area contributed by atoms with Crippen LogP contribution in [-0.2, 0) is 28.5 Å². The number of hydrogen-bond donors (Lipinski definition) is 4. The summed E-state index contributed by atoms with van der Waals surface area (Å²) in [7, 11) is -4.10. The van der Waals surface area contributed by atoms with E-state index in [-0.39, 0.29) is 23.5 Å². The quantitative estimate of drug-likeness (QED) is 0.160. The Morgan fingerprint density at radius 2 is 1.75 bits per heavy atom. The van der Waals surface area contributed by atoms with Crippen LogP contribution in [0.15, 0.2) is 34.4 Å². The van der Waals surface area contributed by atoms with Gasteiger partial charge < -0.3 is 19.6 Å². The number of esters is 1. The van der Waals surface area contributed by atoms with Crippen LogP contribution in [0.2, 0.25) is 5.02 Å². The number of anilines is 1. The number of aliphatic carboxylic acids is 1. The van der Waals surface area contributed by atoms with Crippen molar-refractivity contribution < 1.29 is 43.4 Å². The third-order valence-corrected chi connectivity index (χ3v) is 6.22. The van der Waals surface area contributed by atoms with E-state index in [1.54, 1.807) is 25.1 Å². The second kappa shape index (κ2) is 13.1. The maximum absolute atomic E-state index is 12.7. The number of carbonyl (C=O) groups excluding carboxylic acids is 3. The van der Waals surface area contributed by atoms with Crippen molar-refractivity contribution in [3.05, 3.63) is 45.0 Å². The summed E-state index contributed by atoms with van der Waals surface area (Å²) in [5, 5.41) is 10.3. The highest BCUT2D eigenvalue weighted by Crippen LogP contribution is 2.37. The molecule has 0 fully saturated rings. The summed E-state index contributed by atoms with van der Waals surface area (Å²) < 4.78 is 14.9. The Bertz CT molecular complexity index is 1130. The number of rotatable bonds is 8. The predicted octanol–water partition coefficient (Wildman–Crippen LogP) is 3.02. The molecule has 0 spiro atoms. The van der Waals surface area contributed by atoms with Crippen molar-refractivity contribution >= 4 is 66.3 Å². The number of carboxylic acid groups (broad SMARTS) is 1. The third-order valence-electron chi connectivity index (χ3n) is 4.97. The second-order valence-corrected chi connectivity index (χ2v) is 10.1. The second-order valence-electron chi connectivity index (χ2n) is 7.67. The standard InChI is InChI=1S/C19H17Cl2NO4.C3H8NO5P/c1-2-26-19(25)16(21)10-11-9-12(7-8-15(11)20)22-17(23)13-5-3-4-6-14(13)18(22)24;5-3(6)1-4-2-10(7,8)9/h7-10H,2-6H2,1H3;4H,1-2H2,(H,5,6)(H2,7,8,9)/b16-10-;. The first-order valence-electron chi connectivity index (χ1n) is 10.8. The van der Waals surface area contributed by atoms with Crippen molar-refractivity contribution in [1.29, 1.82) is 0 Å². The van der Waals surface area contributed by atoms with Crippen LogP contribution < -0.4 is 10.2 Å². The fraction of sp³-hybridized carbons (Fsp3) is 0.364. The number of halogens is 2. The van der Waals surface area contributed by atoms with E-state index in [2.05, 4.69) is 5.32 Å². The van der Waals surface area contributed by atoms with Gasteiger partial charge in [-0.05, 0) is 62.4 Å².